The van der Waals surface area contributed by atoms with Gasteiger partial charge in [0.2, 0.25) is 0 Å². The number of nitrogens with one attached hydrogen (secondary N) is 1. The zero-order valence-electron chi connectivity index (χ0n) is 18.1. The number of carbonyl (C=O) groups is 1. The Hall–Kier alpha value is -4.05. The first-order valence-electron chi connectivity index (χ1n) is 11.1. The molecule has 4 aromatic heterocycles. The van der Waals surface area contributed by atoms with E-state index in [1.165, 1.54) is 24.0 Å². The predicted octanol–water partition coefficient (Wildman–Crippen LogP) is 5.24. The largest absolute Gasteiger partial charge is 0.459 e. The van der Waals surface area contributed by atoms with Crippen molar-refractivity contribution in [2.75, 3.05) is 23.3 Å². The van der Waals surface area contributed by atoms with E-state index in [1.807, 2.05) is 30.3 Å². The van der Waals surface area contributed by atoms with E-state index in [1.54, 1.807) is 18.2 Å². The van der Waals surface area contributed by atoms with E-state index in [2.05, 4.69) is 20.4 Å². The molecule has 1 aliphatic rings. The number of pyridine rings is 1. The molecule has 1 N–H and O–H groups in total. The van der Waals surface area contributed by atoms with Crippen molar-refractivity contribution in [3.05, 3.63) is 60.4 Å². The lowest BCUT2D eigenvalue weighted by Gasteiger charge is -2.25. The zero-order chi connectivity index (χ0) is 22.9. The summed E-state index contributed by atoms with van der Waals surface area (Å²) in [5, 5.41) is 11.5. The highest BCUT2D eigenvalue weighted by molar-refractivity contribution is 7.22. The molecule has 1 amide bonds. The first kappa shape index (κ1) is 20.5. The second-order valence-electron chi connectivity index (χ2n) is 7.96. The lowest BCUT2D eigenvalue weighted by molar-refractivity contribution is 0.102. The van der Waals surface area contributed by atoms with Crippen molar-refractivity contribution < 1.29 is 13.6 Å². The van der Waals surface area contributed by atoms with Gasteiger partial charge in [0.05, 0.1) is 22.2 Å². The fourth-order valence-corrected chi connectivity index (χ4v) is 5.06. The van der Waals surface area contributed by atoms with Gasteiger partial charge in [-0.1, -0.05) is 46.8 Å². The molecule has 1 aliphatic heterocycles. The van der Waals surface area contributed by atoms with Crippen molar-refractivity contribution in [1.29, 1.82) is 0 Å². The number of anilines is 2. The summed E-state index contributed by atoms with van der Waals surface area (Å²) >= 11 is 1.49. The molecule has 9 nitrogen and oxygen atoms in total. The molecule has 1 aromatic carbocycles. The van der Waals surface area contributed by atoms with Crippen molar-refractivity contribution >= 4 is 38.7 Å². The smallest absolute Gasteiger partial charge is 0.322 e. The summed E-state index contributed by atoms with van der Waals surface area (Å²) in [6.07, 6.45) is 5.03. The van der Waals surface area contributed by atoms with Crippen LogP contribution in [0.1, 0.15) is 29.6 Å². The summed E-state index contributed by atoms with van der Waals surface area (Å²) < 4.78 is 11.6. The number of nitrogens with zero attached hydrogens (tertiary/aromatic N) is 5. The summed E-state index contributed by atoms with van der Waals surface area (Å²) in [6.45, 7) is 1.93. The summed E-state index contributed by atoms with van der Waals surface area (Å²) in [7, 11) is 0. The highest BCUT2D eigenvalue weighted by atomic mass is 32.1. The van der Waals surface area contributed by atoms with Gasteiger partial charge in [0, 0.05) is 18.7 Å². The number of hydrogen-bond acceptors (Lipinski definition) is 9. The molecule has 10 heteroatoms. The Morgan fingerprint density at radius 3 is 2.65 bits per heavy atom. The molecule has 1 fully saturated rings. The van der Waals surface area contributed by atoms with E-state index < -0.39 is 0 Å². The van der Waals surface area contributed by atoms with Crippen LogP contribution in [0, 0.1) is 0 Å². The molecular weight excluding hydrogens is 452 g/mol. The number of aromatic nitrogens is 4. The summed E-state index contributed by atoms with van der Waals surface area (Å²) in [4.78, 5) is 25.2. The van der Waals surface area contributed by atoms with Crippen molar-refractivity contribution in [2.45, 2.75) is 19.3 Å². The van der Waals surface area contributed by atoms with Crippen LogP contribution in [0.15, 0.2) is 63.6 Å². The fraction of sp³-hybridized carbons (Fsp3) is 0.208. The minimum absolute atomic E-state index is 0.0107. The van der Waals surface area contributed by atoms with Gasteiger partial charge in [-0.15, -0.1) is 5.10 Å². The lowest BCUT2D eigenvalue weighted by atomic mass is 10.1. The maximum atomic E-state index is 13.4. The van der Waals surface area contributed by atoms with Crippen LogP contribution in [0.25, 0.3) is 33.3 Å². The Morgan fingerprint density at radius 2 is 1.85 bits per heavy atom. The minimum atomic E-state index is -0.368. The monoisotopic (exact) mass is 472 g/mol. The van der Waals surface area contributed by atoms with Gasteiger partial charge in [-0.25, -0.2) is 4.98 Å². The molecule has 0 saturated carbocycles. The van der Waals surface area contributed by atoms with Gasteiger partial charge >= 0.3 is 6.01 Å². The van der Waals surface area contributed by atoms with E-state index in [9.17, 15) is 4.79 Å². The Balaban J connectivity index is 1.38. The first-order valence-corrected chi connectivity index (χ1v) is 11.9. The second kappa shape index (κ2) is 8.71. The van der Waals surface area contributed by atoms with Gasteiger partial charge in [0.25, 0.3) is 11.8 Å². The molecule has 34 heavy (non-hydrogen) atoms. The van der Waals surface area contributed by atoms with Crippen LogP contribution in [-0.2, 0) is 0 Å². The second-order valence-corrected chi connectivity index (χ2v) is 8.94. The van der Waals surface area contributed by atoms with Crippen molar-refractivity contribution in [2.24, 2.45) is 0 Å². The first-order chi connectivity index (χ1) is 16.7. The highest BCUT2D eigenvalue weighted by Crippen LogP contribution is 2.34. The van der Waals surface area contributed by atoms with E-state index in [-0.39, 0.29) is 17.8 Å². The Labute approximate surface area is 198 Å². The average molecular weight is 473 g/mol. The number of fused-ring (bicyclic) bond motifs is 1. The van der Waals surface area contributed by atoms with Crippen molar-refractivity contribution in [3.8, 4) is 22.9 Å². The maximum absolute atomic E-state index is 13.4. The molecule has 0 atom stereocenters. The molecule has 6 rings (SSSR count). The minimum Gasteiger partial charge on any atom is -0.459 e. The Kier molecular flexibility index (Phi) is 5.27. The lowest BCUT2D eigenvalue weighted by Crippen LogP contribution is -2.29. The third-order valence-corrected chi connectivity index (χ3v) is 6.81. The zero-order valence-corrected chi connectivity index (χ0v) is 18.9. The Morgan fingerprint density at radius 1 is 1.00 bits per heavy atom. The number of rotatable bonds is 5. The van der Waals surface area contributed by atoms with Gasteiger partial charge < -0.3 is 13.7 Å². The quantitative estimate of drug-likeness (QED) is 0.370. The van der Waals surface area contributed by atoms with Crippen LogP contribution < -0.4 is 10.2 Å². The molecule has 5 heterocycles. The normalized spacial score (nSPS) is 13.9. The number of amides is 1. The molecular formula is C24H20N6O3S. The van der Waals surface area contributed by atoms with Gasteiger partial charge in [-0.05, 0) is 37.5 Å². The van der Waals surface area contributed by atoms with Crippen LogP contribution in [0.5, 0.6) is 0 Å². The molecule has 5 aromatic rings. The van der Waals surface area contributed by atoms with E-state index in [0.717, 1.165) is 41.3 Å². The van der Waals surface area contributed by atoms with Gasteiger partial charge in [-0.2, -0.15) is 4.98 Å². The average Bonchev–Trinajstić information content (AvgIpc) is 3.65. The third-order valence-electron chi connectivity index (χ3n) is 5.67. The molecule has 0 aliphatic carbocycles. The molecule has 0 unspecified atom stereocenters. The molecule has 0 radical (unpaired) electrons. The van der Waals surface area contributed by atoms with Crippen LogP contribution in [0.2, 0.25) is 0 Å². The number of furan rings is 1. The van der Waals surface area contributed by atoms with Crippen molar-refractivity contribution in [3.63, 3.8) is 0 Å². The van der Waals surface area contributed by atoms with Crippen LogP contribution >= 0.6 is 11.3 Å². The van der Waals surface area contributed by atoms with E-state index in [4.69, 9.17) is 18.8 Å². The van der Waals surface area contributed by atoms with Crippen molar-refractivity contribution in [1.82, 2.24) is 20.2 Å². The predicted molar refractivity (Wildman–Crippen MR) is 129 cm³/mol. The molecule has 0 bridgehead atoms. The number of thiazole rings is 1. The summed E-state index contributed by atoms with van der Waals surface area (Å²) in [5.74, 6) is 0.252. The highest BCUT2D eigenvalue weighted by Gasteiger charge is 2.23. The summed E-state index contributed by atoms with van der Waals surface area (Å²) in [5.41, 5.74) is 2.60. The third kappa shape index (κ3) is 3.92. The van der Waals surface area contributed by atoms with Crippen LogP contribution in [-0.4, -0.2) is 39.2 Å². The number of benzene rings is 1. The van der Waals surface area contributed by atoms with Crippen LogP contribution in [0.3, 0.4) is 0 Å². The van der Waals surface area contributed by atoms with E-state index >= 15 is 0 Å². The molecule has 170 valence electrons. The topological polar surface area (TPSA) is 110 Å². The summed E-state index contributed by atoms with van der Waals surface area (Å²) in [6, 6.07) is 14.9. The molecule has 1 saturated heterocycles. The number of hydrogen-bond donors (Lipinski definition) is 1. The van der Waals surface area contributed by atoms with Crippen LogP contribution in [0.4, 0.5) is 11.1 Å². The Bertz CT molecular complexity index is 1440. The maximum Gasteiger partial charge on any atom is 0.322 e. The fourth-order valence-electron chi connectivity index (χ4n) is 3.98. The SMILES string of the molecule is O=C(Nc1nnc(-c2ccco2)o1)c1cc(-c2ccccc2)nc2nc(N3CCCCC3)sc12. The van der Waals surface area contributed by atoms with E-state index in [0.29, 0.717) is 22.7 Å². The number of piperidine rings is 1. The number of carbonyl (C=O) groups excluding carboxylic acids is 1. The van der Waals surface area contributed by atoms with Gasteiger partial charge in [-0.3, -0.25) is 10.1 Å². The van der Waals surface area contributed by atoms with Gasteiger partial charge in [0.15, 0.2) is 16.5 Å². The van der Waals surface area contributed by atoms with Gasteiger partial charge in [0.1, 0.15) is 0 Å². The molecule has 0 spiro atoms. The standard InChI is InChI=1S/C24H20N6O3S/c31-21(27-23-29-28-22(33-23)18-10-7-13-32-18)16-14-17(15-8-3-1-4-9-15)25-20-19(16)34-24(26-20)30-11-5-2-6-12-30/h1,3-4,7-10,13-14H,2,5-6,11-12H2,(H,27,29,31).